The fraction of sp³-hybridized carbons (Fsp3) is 0.750. The molecule has 1 atom stereocenters. The van der Waals surface area contributed by atoms with Crippen LogP contribution in [0.3, 0.4) is 0 Å². The summed E-state index contributed by atoms with van der Waals surface area (Å²) in [6.07, 6.45) is 0.947. The molecule has 1 aliphatic heterocycles. The summed E-state index contributed by atoms with van der Waals surface area (Å²) in [4.78, 5) is 12.2. The molecular weight excluding hydrogens is 314 g/mol. The molecule has 2 heterocycles. The highest BCUT2D eigenvalue weighted by Crippen LogP contribution is 2.18. The van der Waals surface area contributed by atoms with E-state index in [2.05, 4.69) is 24.3 Å². The molecular formula is C16H27N3O3S. The monoisotopic (exact) mass is 341 g/mol. The number of carbonyl (C=O) groups excluding carboxylic acids is 1. The number of aryl methyl sites for hydroxylation is 1. The van der Waals surface area contributed by atoms with Crippen LogP contribution in [0.25, 0.3) is 0 Å². The Balaban J connectivity index is 1.92. The number of hydrogen-bond acceptors (Lipinski definition) is 4. The fourth-order valence-electron chi connectivity index (χ4n) is 3.03. The van der Waals surface area contributed by atoms with Gasteiger partial charge in [0.25, 0.3) is 0 Å². The summed E-state index contributed by atoms with van der Waals surface area (Å²) in [5.41, 5.74) is 2.90. The smallest absolute Gasteiger partial charge is 0.224 e. The zero-order chi connectivity index (χ0) is 17.2. The van der Waals surface area contributed by atoms with Gasteiger partial charge in [-0.05, 0) is 32.1 Å². The summed E-state index contributed by atoms with van der Waals surface area (Å²) in [6, 6.07) is 0. The standard InChI is InChI=1S/C16H27N3O3S/c1-11(2)9-19-13(4)15(12(3)18-19)7-16(20)17-8-14-5-6-23(21,22)10-14/h11,14H,5-10H2,1-4H3,(H,17,20)/t14-/m1/s1. The van der Waals surface area contributed by atoms with Gasteiger partial charge in [0.15, 0.2) is 9.84 Å². The lowest BCUT2D eigenvalue weighted by Crippen LogP contribution is -2.31. The maximum atomic E-state index is 12.2. The third-order valence-electron chi connectivity index (χ3n) is 4.32. The van der Waals surface area contributed by atoms with Crippen molar-refractivity contribution in [3.8, 4) is 0 Å². The van der Waals surface area contributed by atoms with Gasteiger partial charge in [0.2, 0.25) is 5.91 Å². The molecule has 7 heteroatoms. The quantitative estimate of drug-likeness (QED) is 0.844. The van der Waals surface area contributed by atoms with E-state index in [0.717, 1.165) is 23.5 Å². The van der Waals surface area contributed by atoms with E-state index < -0.39 is 9.84 Å². The molecule has 6 nitrogen and oxygen atoms in total. The lowest BCUT2D eigenvalue weighted by Gasteiger charge is -2.10. The van der Waals surface area contributed by atoms with Gasteiger partial charge in [-0.3, -0.25) is 9.48 Å². The second kappa shape index (κ2) is 7.03. The molecule has 1 aromatic heterocycles. The Hall–Kier alpha value is -1.37. The normalized spacial score (nSPS) is 20.1. The number of nitrogens with zero attached hydrogens (tertiary/aromatic N) is 2. The Bertz CT molecular complexity index is 677. The number of hydrogen-bond donors (Lipinski definition) is 1. The van der Waals surface area contributed by atoms with Gasteiger partial charge < -0.3 is 5.32 Å². The van der Waals surface area contributed by atoms with Crippen LogP contribution in [0.5, 0.6) is 0 Å². The summed E-state index contributed by atoms with van der Waals surface area (Å²) < 4.78 is 24.8. The number of amides is 1. The number of aromatic nitrogens is 2. The predicted molar refractivity (Wildman–Crippen MR) is 90.0 cm³/mol. The second-order valence-electron chi connectivity index (χ2n) is 6.98. The minimum Gasteiger partial charge on any atom is -0.356 e. The van der Waals surface area contributed by atoms with Crippen LogP contribution in [-0.4, -0.2) is 42.2 Å². The van der Waals surface area contributed by atoms with E-state index in [4.69, 9.17) is 0 Å². The number of sulfone groups is 1. The maximum Gasteiger partial charge on any atom is 0.224 e. The molecule has 1 fully saturated rings. The van der Waals surface area contributed by atoms with E-state index in [0.29, 0.717) is 25.3 Å². The van der Waals surface area contributed by atoms with Crippen LogP contribution in [0.1, 0.15) is 37.2 Å². The van der Waals surface area contributed by atoms with Gasteiger partial charge in [-0.15, -0.1) is 0 Å². The van der Waals surface area contributed by atoms with Crippen LogP contribution in [0, 0.1) is 25.7 Å². The third-order valence-corrected chi connectivity index (χ3v) is 6.16. The molecule has 0 spiro atoms. The van der Waals surface area contributed by atoms with E-state index in [9.17, 15) is 13.2 Å². The zero-order valence-electron chi connectivity index (χ0n) is 14.4. The van der Waals surface area contributed by atoms with E-state index >= 15 is 0 Å². The molecule has 23 heavy (non-hydrogen) atoms. The average Bonchev–Trinajstić information content (AvgIpc) is 2.90. The third kappa shape index (κ3) is 4.80. The molecule has 0 unspecified atom stereocenters. The summed E-state index contributed by atoms with van der Waals surface area (Å²) in [7, 11) is -2.89. The van der Waals surface area contributed by atoms with Crippen molar-refractivity contribution in [1.29, 1.82) is 0 Å². The van der Waals surface area contributed by atoms with Gasteiger partial charge in [-0.1, -0.05) is 13.8 Å². The molecule has 1 aromatic rings. The van der Waals surface area contributed by atoms with E-state index in [1.54, 1.807) is 0 Å². The molecule has 0 aliphatic carbocycles. The van der Waals surface area contributed by atoms with Crippen molar-refractivity contribution < 1.29 is 13.2 Å². The fourth-order valence-corrected chi connectivity index (χ4v) is 4.89. The van der Waals surface area contributed by atoms with Crippen molar-refractivity contribution in [1.82, 2.24) is 15.1 Å². The molecule has 1 aliphatic rings. The minimum absolute atomic E-state index is 0.0507. The summed E-state index contributed by atoms with van der Waals surface area (Å²) in [6.45, 7) is 9.48. The first-order valence-corrected chi connectivity index (χ1v) is 10.00. The average molecular weight is 341 g/mol. The summed E-state index contributed by atoms with van der Waals surface area (Å²) in [5.74, 6) is 0.921. The van der Waals surface area contributed by atoms with Crippen LogP contribution in [-0.2, 0) is 27.6 Å². The highest BCUT2D eigenvalue weighted by atomic mass is 32.2. The Kier molecular flexibility index (Phi) is 5.49. The van der Waals surface area contributed by atoms with Gasteiger partial charge in [0.05, 0.1) is 23.6 Å². The number of rotatable bonds is 6. The van der Waals surface area contributed by atoms with Crippen LogP contribution in [0.4, 0.5) is 0 Å². The Labute approximate surface area is 138 Å². The SMILES string of the molecule is Cc1nn(CC(C)C)c(C)c1CC(=O)NC[C@H]1CCS(=O)(=O)C1. The predicted octanol–water partition coefficient (Wildman–Crippen LogP) is 1.25. The Morgan fingerprint density at radius 1 is 1.39 bits per heavy atom. The molecule has 0 saturated carbocycles. The van der Waals surface area contributed by atoms with Crippen molar-refractivity contribution in [2.75, 3.05) is 18.1 Å². The first-order chi connectivity index (χ1) is 10.7. The van der Waals surface area contributed by atoms with Crippen LogP contribution >= 0.6 is 0 Å². The number of nitrogens with one attached hydrogen (secondary N) is 1. The van der Waals surface area contributed by atoms with E-state index in [1.807, 2.05) is 18.5 Å². The first kappa shape index (κ1) is 18.0. The van der Waals surface area contributed by atoms with Gasteiger partial charge in [-0.25, -0.2) is 8.42 Å². The van der Waals surface area contributed by atoms with Crippen LogP contribution in [0.15, 0.2) is 0 Å². The van der Waals surface area contributed by atoms with Crippen molar-refractivity contribution in [3.63, 3.8) is 0 Å². The van der Waals surface area contributed by atoms with Gasteiger partial charge >= 0.3 is 0 Å². The van der Waals surface area contributed by atoms with Crippen molar-refractivity contribution in [2.45, 2.75) is 47.1 Å². The first-order valence-electron chi connectivity index (χ1n) is 8.18. The van der Waals surface area contributed by atoms with Crippen molar-refractivity contribution in [3.05, 3.63) is 17.0 Å². The minimum atomic E-state index is -2.89. The Morgan fingerprint density at radius 3 is 2.65 bits per heavy atom. The molecule has 2 rings (SSSR count). The molecule has 0 aromatic carbocycles. The van der Waals surface area contributed by atoms with Crippen molar-refractivity contribution >= 4 is 15.7 Å². The molecule has 1 saturated heterocycles. The lowest BCUT2D eigenvalue weighted by molar-refractivity contribution is -0.120. The zero-order valence-corrected chi connectivity index (χ0v) is 15.2. The lowest BCUT2D eigenvalue weighted by atomic mass is 10.1. The topological polar surface area (TPSA) is 81.1 Å². The Morgan fingerprint density at radius 2 is 2.09 bits per heavy atom. The summed E-state index contributed by atoms with van der Waals surface area (Å²) in [5, 5.41) is 7.39. The molecule has 1 N–H and O–H groups in total. The van der Waals surface area contributed by atoms with Crippen molar-refractivity contribution in [2.24, 2.45) is 11.8 Å². The summed E-state index contributed by atoms with van der Waals surface area (Å²) >= 11 is 0. The highest BCUT2D eigenvalue weighted by molar-refractivity contribution is 7.91. The maximum absolute atomic E-state index is 12.2. The van der Waals surface area contributed by atoms with E-state index in [1.165, 1.54) is 0 Å². The molecule has 1 amide bonds. The molecule has 130 valence electrons. The number of carbonyl (C=O) groups is 1. The van der Waals surface area contributed by atoms with Gasteiger partial charge in [-0.2, -0.15) is 5.10 Å². The van der Waals surface area contributed by atoms with Gasteiger partial charge in [0.1, 0.15) is 0 Å². The van der Waals surface area contributed by atoms with Gasteiger partial charge in [0, 0.05) is 24.3 Å². The molecule has 0 radical (unpaired) electrons. The molecule has 0 bridgehead atoms. The van der Waals surface area contributed by atoms with Crippen LogP contribution < -0.4 is 5.32 Å². The second-order valence-corrected chi connectivity index (χ2v) is 9.20. The largest absolute Gasteiger partial charge is 0.356 e. The van der Waals surface area contributed by atoms with Crippen LogP contribution in [0.2, 0.25) is 0 Å². The van der Waals surface area contributed by atoms with E-state index in [-0.39, 0.29) is 23.3 Å². The highest BCUT2D eigenvalue weighted by Gasteiger charge is 2.28.